The van der Waals surface area contributed by atoms with Crippen molar-refractivity contribution in [2.24, 2.45) is 5.92 Å². The second-order valence-electron chi connectivity index (χ2n) is 6.31. The first kappa shape index (κ1) is 18.4. The van der Waals surface area contributed by atoms with Crippen LogP contribution in [0.25, 0.3) is 0 Å². The fourth-order valence-electron chi connectivity index (χ4n) is 2.29. The molecule has 0 aromatic rings. The SMILES string of the molecule is CCCC(C)NC(=O)C(C)NC(C)CCCC(C)C. The van der Waals surface area contributed by atoms with Gasteiger partial charge in [0, 0.05) is 12.1 Å². The van der Waals surface area contributed by atoms with Crippen LogP contribution in [0.15, 0.2) is 0 Å². The molecule has 0 aliphatic carbocycles. The molecule has 0 saturated heterocycles. The molecule has 114 valence electrons. The first-order chi connectivity index (χ1) is 8.86. The second kappa shape index (κ2) is 10.2. The van der Waals surface area contributed by atoms with Crippen LogP contribution in [-0.2, 0) is 4.79 Å². The number of nitrogens with one attached hydrogen (secondary N) is 2. The van der Waals surface area contributed by atoms with E-state index in [1.807, 2.05) is 6.92 Å². The van der Waals surface area contributed by atoms with Crippen molar-refractivity contribution >= 4 is 5.91 Å². The summed E-state index contributed by atoms with van der Waals surface area (Å²) in [4.78, 5) is 12.0. The summed E-state index contributed by atoms with van der Waals surface area (Å²) in [6.45, 7) is 12.8. The summed E-state index contributed by atoms with van der Waals surface area (Å²) in [5.41, 5.74) is 0. The van der Waals surface area contributed by atoms with Gasteiger partial charge in [0.1, 0.15) is 0 Å². The van der Waals surface area contributed by atoms with Crippen molar-refractivity contribution in [3.63, 3.8) is 0 Å². The summed E-state index contributed by atoms with van der Waals surface area (Å²) in [6.07, 6.45) is 5.78. The Morgan fingerprint density at radius 2 is 1.58 bits per heavy atom. The van der Waals surface area contributed by atoms with Gasteiger partial charge in [-0.25, -0.2) is 0 Å². The molecule has 0 fully saturated rings. The highest BCUT2D eigenvalue weighted by Crippen LogP contribution is 2.08. The number of hydrogen-bond donors (Lipinski definition) is 2. The summed E-state index contributed by atoms with van der Waals surface area (Å²) in [5.74, 6) is 0.888. The van der Waals surface area contributed by atoms with Gasteiger partial charge in [0.15, 0.2) is 0 Å². The molecule has 19 heavy (non-hydrogen) atoms. The van der Waals surface area contributed by atoms with E-state index < -0.39 is 0 Å². The van der Waals surface area contributed by atoms with E-state index in [0.29, 0.717) is 6.04 Å². The quantitative estimate of drug-likeness (QED) is 0.638. The molecule has 0 bridgehead atoms. The molecule has 3 atom stereocenters. The van der Waals surface area contributed by atoms with E-state index in [1.54, 1.807) is 0 Å². The van der Waals surface area contributed by atoms with E-state index >= 15 is 0 Å². The Bertz CT molecular complexity index is 241. The summed E-state index contributed by atoms with van der Waals surface area (Å²) >= 11 is 0. The Balaban J connectivity index is 3.87. The highest BCUT2D eigenvalue weighted by molar-refractivity contribution is 5.81. The van der Waals surface area contributed by atoms with Crippen LogP contribution in [0.5, 0.6) is 0 Å². The minimum Gasteiger partial charge on any atom is -0.352 e. The third-order valence-electron chi connectivity index (χ3n) is 3.46. The molecular formula is C16H34N2O. The molecule has 0 rings (SSSR count). The zero-order valence-electron chi connectivity index (χ0n) is 13.8. The van der Waals surface area contributed by atoms with E-state index in [0.717, 1.165) is 25.2 Å². The summed E-state index contributed by atoms with van der Waals surface area (Å²) in [5, 5.41) is 6.45. The molecule has 0 radical (unpaired) electrons. The van der Waals surface area contributed by atoms with Gasteiger partial charge in [0.25, 0.3) is 0 Å². The minimum atomic E-state index is -0.103. The number of carbonyl (C=O) groups is 1. The van der Waals surface area contributed by atoms with E-state index in [2.05, 4.69) is 45.3 Å². The van der Waals surface area contributed by atoms with Gasteiger partial charge in [-0.1, -0.05) is 40.0 Å². The van der Waals surface area contributed by atoms with Crippen molar-refractivity contribution < 1.29 is 4.79 Å². The lowest BCUT2D eigenvalue weighted by atomic mass is 10.0. The highest BCUT2D eigenvalue weighted by atomic mass is 16.2. The molecule has 0 spiro atoms. The van der Waals surface area contributed by atoms with Gasteiger partial charge >= 0.3 is 0 Å². The maximum absolute atomic E-state index is 12.0. The smallest absolute Gasteiger partial charge is 0.237 e. The lowest BCUT2D eigenvalue weighted by Crippen LogP contribution is -2.48. The van der Waals surface area contributed by atoms with Gasteiger partial charge in [0.2, 0.25) is 5.91 Å². The Labute approximate surface area is 119 Å². The molecule has 3 unspecified atom stereocenters. The fraction of sp³-hybridized carbons (Fsp3) is 0.938. The zero-order chi connectivity index (χ0) is 14.8. The predicted molar refractivity (Wildman–Crippen MR) is 83.3 cm³/mol. The Morgan fingerprint density at radius 3 is 2.11 bits per heavy atom. The van der Waals surface area contributed by atoms with Crippen molar-refractivity contribution in [2.75, 3.05) is 0 Å². The van der Waals surface area contributed by atoms with E-state index in [4.69, 9.17) is 0 Å². The average Bonchev–Trinajstić information content (AvgIpc) is 2.28. The van der Waals surface area contributed by atoms with Crippen LogP contribution in [0.2, 0.25) is 0 Å². The number of hydrogen-bond acceptors (Lipinski definition) is 2. The van der Waals surface area contributed by atoms with Crippen LogP contribution in [-0.4, -0.2) is 24.0 Å². The monoisotopic (exact) mass is 270 g/mol. The zero-order valence-corrected chi connectivity index (χ0v) is 13.8. The van der Waals surface area contributed by atoms with Crippen LogP contribution < -0.4 is 10.6 Å². The normalized spacial score (nSPS) is 16.2. The molecule has 2 N–H and O–H groups in total. The molecule has 0 heterocycles. The molecule has 0 aliphatic heterocycles. The second-order valence-corrected chi connectivity index (χ2v) is 6.31. The van der Waals surface area contributed by atoms with Gasteiger partial charge < -0.3 is 10.6 Å². The van der Waals surface area contributed by atoms with E-state index in [1.165, 1.54) is 12.8 Å². The van der Waals surface area contributed by atoms with Crippen LogP contribution in [0, 0.1) is 5.92 Å². The van der Waals surface area contributed by atoms with Crippen molar-refractivity contribution in [2.45, 2.75) is 91.8 Å². The topological polar surface area (TPSA) is 41.1 Å². The number of amides is 1. The molecule has 0 aromatic heterocycles. The fourth-order valence-corrected chi connectivity index (χ4v) is 2.29. The number of carbonyl (C=O) groups excluding carboxylic acids is 1. The van der Waals surface area contributed by atoms with Crippen LogP contribution in [0.4, 0.5) is 0 Å². The first-order valence-electron chi connectivity index (χ1n) is 7.93. The van der Waals surface area contributed by atoms with E-state index in [9.17, 15) is 4.79 Å². The van der Waals surface area contributed by atoms with Crippen molar-refractivity contribution in [1.82, 2.24) is 10.6 Å². The number of rotatable bonds is 10. The Hall–Kier alpha value is -0.570. The lowest BCUT2D eigenvalue weighted by molar-refractivity contribution is -0.123. The molecule has 3 heteroatoms. The third-order valence-corrected chi connectivity index (χ3v) is 3.46. The molecule has 0 saturated carbocycles. The third kappa shape index (κ3) is 9.94. The predicted octanol–water partition coefficient (Wildman–Crippen LogP) is 3.48. The van der Waals surface area contributed by atoms with Gasteiger partial charge in [0.05, 0.1) is 6.04 Å². The molecule has 0 aromatic carbocycles. The van der Waals surface area contributed by atoms with Crippen LogP contribution >= 0.6 is 0 Å². The Kier molecular flexibility index (Phi) is 9.94. The lowest BCUT2D eigenvalue weighted by Gasteiger charge is -2.22. The van der Waals surface area contributed by atoms with Crippen molar-refractivity contribution in [3.05, 3.63) is 0 Å². The van der Waals surface area contributed by atoms with Gasteiger partial charge in [-0.3, -0.25) is 4.79 Å². The Morgan fingerprint density at radius 1 is 0.947 bits per heavy atom. The van der Waals surface area contributed by atoms with Crippen LogP contribution in [0.3, 0.4) is 0 Å². The van der Waals surface area contributed by atoms with E-state index in [-0.39, 0.29) is 18.0 Å². The standard InChI is InChI=1S/C16H34N2O/c1-7-9-13(4)18-16(19)15(6)17-14(5)11-8-10-12(2)3/h12-15,17H,7-11H2,1-6H3,(H,18,19). The molecule has 1 amide bonds. The van der Waals surface area contributed by atoms with Gasteiger partial charge in [-0.05, 0) is 39.5 Å². The first-order valence-corrected chi connectivity index (χ1v) is 7.93. The van der Waals surface area contributed by atoms with Crippen molar-refractivity contribution in [1.29, 1.82) is 0 Å². The largest absolute Gasteiger partial charge is 0.352 e. The maximum Gasteiger partial charge on any atom is 0.237 e. The van der Waals surface area contributed by atoms with Crippen molar-refractivity contribution in [3.8, 4) is 0 Å². The molecular weight excluding hydrogens is 236 g/mol. The molecule has 0 aliphatic rings. The summed E-state index contributed by atoms with van der Waals surface area (Å²) in [7, 11) is 0. The van der Waals surface area contributed by atoms with Gasteiger partial charge in [-0.2, -0.15) is 0 Å². The summed E-state index contributed by atoms with van der Waals surface area (Å²) in [6, 6.07) is 0.576. The van der Waals surface area contributed by atoms with Gasteiger partial charge in [-0.15, -0.1) is 0 Å². The molecule has 3 nitrogen and oxygen atoms in total. The average molecular weight is 270 g/mol. The maximum atomic E-state index is 12.0. The highest BCUT2D eigenvalue weighted by Gasteiger charge is 2.16. The van der Waals surface area contributed by atoms with Crippen LogP contribution in [0.1, 0.15) is 73.6 Å². The summed E-state index contributed by atoms with van der Waals surface area (Å²) < 4.78 is 0. The minimum absolute atomic E-state index is 0.103.